The highest BCUT2D eigenvalue weighted by Crippen LogP contribution is 2.26. The van der Waals surface area contributed by atoms with Crippen molar-refractivity contribution < 1.29 is 4.74 Å². The van der Waals surface area contributed by atoms with Crippen molar-refractivity contribution in [1.82, 2.24) is 5.32 Å². The first kappa shape index (κ1) is 13.4. The Balaban J connectivity index is 2.28. The molecule has 1 N–H and O–H groups in total. The third-order valence-corrected chi connectivity index (χ3v) is 3.56. The predicted octanol–water partition coefficient (Wildman–Crippen LogP) is 2.41. The zero-order chi connectivity index (χ0) is 13.2. The zero-order valence-electron chi connectivity index (χ0n) is 11.9. The molecule has 3 heteroatoms. The predicted molar refractivity (Wildman–Crippen MR) is 76.0 cm³/mol. The number of benzene rings is 1. The number of fused-ring (bicyclic) bond motifs is 1. The van der Waals surface area contributed by atoms with Crippen LogP contribution >= 0.6 is 0 Å². The van der Waals surface area contributed by atoms with Crippen LogP contribution in [0.1, 0.15) is 26.3 Å². The first-order valence-electron chi connectivity index (χ1n) is 6.62. The third kappa shape index (κ3) is 3.03. The number of rotatable bonds is 3. The van der Waals surface area contributed by atoms with E-state index in [2.05, 4.69) is 55.3 Å². The van der Waals surface area contributed by atoms with Gasteiger partial charge in [-0.3, -0.25) is 0 Å². The molecule has 0 radical (unpaired) electrons. The Morgan fingerprint density at radius 2 is 2.11 bits per heavy atom. The summed E-state index contributed by atoms with van der Waals surface area (Å²) in [5, 5.41) is 3.62. The second kappa shape index (κ2) is 5.29. The molecule has 0 aliphatic carbocycles. The molecule has 1 unspecified atom stereocenters. The van der Waals surface area contributed by atoms with Crippen molar-refractivity contribution in [2.45, 2.75) is 39.0 Å². The van der Waals surface area contributed by atoms with Gasteiger partial charge in [0.05, 0.1) is 6.10 Å². The summed E-state index contributed by atoms with van der Waals surface area (Å²) in [6.45, 7) is 9.48. The fourth-order valence-corrected chi connectivity index (χ4v) is 2.47. The highest BCUT2D eigenvalue weighted by atomic mass is 16.5. The largest absolute Gasteiger partial charge is 0.380 e. The molecule has 0 bridgehead atoms. The molecular formula is C15H24N2O. The van der Waals surface area contributed by atoms with Gasteiger partial charge in [0.1, 0.15) is 0 Å². The highest BCUT2D eigenvalue weighted by molar-refractivity contribution is 5.55. The van der Waals surface area contributed by atoms with Gasteiger partial charge in [0.15, 0.2) is 0 Å². The molecule has 0 saturated heterocycles. The van der Waals surface area contributed by atoms with Gasteiger partial charge < -0.3 is 15.0 Å². The summed E-state index contributed by atoms with van der Waals surface area (Å²) < 4.78 is 5.41. The van der Waals surface area contributed by atoms with Crippen molar-refractivity contribution in [2.75, 3.05) is 25.1 Å². The average molecular weight is 248 g/mol. The maximum Gasteiger partial charge on any atom is 0.0718 e. The van der Waals surface area contributed by atoms with Crippen LogP contribution in [0.15, 0.2) is 24.3 Å². The van der Waals surface area contributed by atoms with Crippen LogP contribution in [0.4, 0.5) is 5.69 Å². The number of para-hydroxylation sites is 1. The zero-order valence-corrected chi connectivity index (χ0v) is 11.9. The van der Waals surface area contributed by atoms with Gasteiger partial charge in [-0.05, 0) is 32.4 Å². The molecule has 2 rings (SSSR count). The van der Waals surface area contributed by atoms with Gasteiger partial charge in [-0.1, -0.05) is 18.2 Å². The molecule has 3 nitrogen and oxygen atoms in total. The van der Waals surface area contributed by atoms with Crippen LogP contribution < -0.4 is 10.2 Å². The van der Waals surface area contributed by atoms with Crippen LogP contribution in [0.2, 0.25) is 0 Å². The van der Waals surface area contributed by atoms with Gasteiger partial charge in [-0.2, -0.15) is 0 Å². The number of nitrogens with zero attached hydrogens (tertiary/aromatic N) is 1. The number of methoxy groups -OCH3 is 1. The van der Waals surface area contributed by atoms with E-state index in [-0.39, 0.29) is 11.6 Å². The van der Waals surface area contributed by atoms with E-state index in [0.717, 1.165) is 19.6 Å². The maximum atomic E-state index is 5.41. The molecular weight excluding hydrogens is 224 g/mol. The van der Waals surface area contributed by atoms with Crippen molar-refractivity contribution in [1.29, 1.82) is 0 Å². The molecule has 1 heterocycles. The summed E-state index contributed by atoms with van der Waals surface area (Å²) in [6.07, 6.45) is 0.243. The summed E-state index contributed by atoms with van der Waals surface area (Å²) in [5.41, 5.74) is 2.82. The van der Waals surface area contributed by atoms with Gasteiger partial charge in [0.25, 0.3) is 0 Å². The lowest BCUT2D eigenvalue weighted by atomic mass is 10.1. The number of anilines is 1. The van der Waals surface area contributed by atoms with Crippen molar-refractivity contribution >= 4 is 5.69 Å². The smallest absolute Gasteiger partial charge is 0.0718 e. The minimum atomic E-state index is 0.118. The molecule has 18 heavy (non-hydrogen) atoms. The van der Waals surface area contributed by atoms with Crippen molar-refractivity contribution in [3.63, 3.8) is 0 Å². The van der Waals surface area contributed by atoms with Gasteiger partial charge in [0, 0.05) is 38.0 Å². The lowest BCUT2D eigenvalue weighted by molar-refractivity contribution is 0.122. The number of ether oxygens (including phenoxy) is 1. The van der Waals surface area contributed by atoms with Crippen LogP contribution in [0, 0.1) is 0 Å². The Morgan fingerprint density at radius 1 is 1.39 bits per heavy atom. The molecule has 100 valence electrons. The van der Waals surface area contributed by atoms with Gasteiger partial charge >= 0.3 is 0 Å². The molecule has 1 aliphatic heterocycles. The third-order valence-electron chi connectivity index (χ3n) is 3.56. The topological polar surface area (TPSA) is 24.5 Å². The lowest BCUT2D eigenvalue weighted by Gasteiger charge is -2.33. The molecule has 1 atom stereocenters. The number of nitrogens with one attached hydrogen (secondary N) is 1. The summed E-state index contributed by atoms with van der Waals surface area (Å²) in [7, 11) is 1.78. The highest BCUT2D eigenvalue weighted by Gasteiger charge is 2.27. The number of hydrogen-bond donors (Lipinski definition) is 1. The van der Waals surface area contributed by atoms with Crippen LogP contribution in [-0.4, -0.2) is 31.8 Å². The first-order valence-corrected chi connectivity index (χ1v) is 6.62. The van der Waals surface area contributed by atoms with E-state index < -0.39 is 0 Å². The summed E-state index contributed by atoms with van der Waals surface area (Å²) >= 11 is 0. The van der Waals surface area contributed by atoms with Crippen molar-refractivity contribution in [3.8, 4) is 0 Å². The second-order valence-electron chi connectivity index (χ2n) is 5.79. The summed E-state index contributed by atoms with van der Waals surface area (Å²) in [4.78, 5) is 2.43. The van der Waals surface area contributed by atoms with E-state index >= 15 is 0 Å². The van der Waals surface area contributed by atoms with Gasteiger partial charge in [-0.25, -0.2) is 0 Å². The van der Waals surface area contributed by atoms with Crippen LogP contribution in [-0.2, 0) is 11.3 Å². The summed E-state index contributed by atoms with van der Waals surface area (Å²) in [6, 6.07) is 8.63. The Kier molecular flexibility index (Phi) is 3.93. The van der Waals surface area contributed by atoms with E-state index in [1.807, 2.05) is 0 Å². The van der Waals surface area contributed by atoms with Gasteiger partial charge in [0.2, 0.25) is 0 Å². The first-order chi connectivity index (χ1) is 8.52. The summed E-state index contributed by atoms with van der Waals surface area (Å²) in [5.74, 6) is 0. The molecule has 1 aliphatic rings. The minimum Gasteiger partial charge on any atom is -0.380 e. The average Bonchev–Trinajstić information content (AvgIpc) is 2.47. The molecule has 0 aromatic heterocycles. The molecule has 0 saturated carbocycles. The molecule has 0 fully saturated rings. The Morgan fingerprint density at radius 3 is 2.83 bits per heavy atom. The molecule has 1 aromatic carbocycles. The normalized spacial score (nSPS) is 20.1. The molecule has 1 aromatic rings. The quantitative estimate of drug-likeness (QED) is 0.889. The monoisotopic (exact) mass is 248 g/mol. The maximum absolute atomic E-state index is 5.41. The molecule has 0 amide bonds. The van der Waals surface area contributed by atoms with Crippen molar-refractivity contribution in [3.05, 3.63) is 29.8 Å². The standard InChI is InChI=1S/C15H24N2O/c1-12(18-4)10-17-11-15(2,3)16-9-13-7-5-6-8-14(13)17/h5-8,12,16H,9-11H2,1-4H3. The van der Waals surface area contributed by atoms with Crippen LogP contribution in [0.3, 0.4) is 0 Å². The fraction of sp³-hybridized carbons (Fsp3) is 0.600. The fourth-order valence-electron chi connectivity index (χ4n) is 2.47. The molecule has 0 spiro atoms. The lowest BCUT2D eigenvalue weighted by Crippen LogP contribution is -2.48. The van der Waals surface area contributed by atoms with Crippen LogP contribution in [0.25, 0.3) is 0 Å². The SMILES string of the molecule is COC(C)CN1CC(C)(C)NCc2ccccc21. The van der Waals surface area contributed by atoms with Crippen molar-refractivity contribution in [2.24, 2.45) is 0 Å². The van der Waals surface area contributed by atoms with E-state index in [0.29, 0.717) is 0 Å². The van der Waals surface area contributed by atoms with E-state index in [1.165, 1.54) is 11.3 Å². The van der Waals surface area contributed by atoms with Crippen LogP contribution in [0.5, 0.6) is 0 Å². The van der Waals surface area contributed by atoms with E-state index in [4.69, 9.17) is 4.74 Å². The van der Waals surface area contributed by atoms with E-state index in [1.54, 1.807) is 7.11 Å². The Labute approximate surface area is 110 Å². The second-order valence-corrected chi connectivity index (χ2v) is 5.79. The van der Waals surface area contributed by atoms with Gasteiger partial charge in [-0.15, -0.1) is 0 Å². The Hall–Kier alpha value is -1.06. The Bertz CT molecular complexity index is 403. The minimum absolute atomic E-state index is 0.118. The van der Waals surface area contributed by atoms with E-state index in [9.17, 15) is 0 Å². The number of hydrogen-bond acceptors (Lipinski definition) is 3.